The fraction of sp³-hybridized carbons (Fsp3) is 0.111. The number of benzene rings is 2. The molecule has 3 rings (SSSR count). The molecule has 1 heterocycles. The van der Waals surface area contributed by atoms with Gasteiger partial charge in [-0.25, -0.2) is 4.79 Å². The van der Waals surface area contributed by atoms with Crippen molar-refractivity contribution < 1.29 is 24.5 Å². The third-order valence-corrected chi connectivity index (χ3v) is 3.87. The first-order chi connectivity index (χ1) is 11.1. The first kappa shape index (κ1) is 14.8. The maximum Gasteiger partial charge on any atom is 0.354 e. The smallest absolute Gasteiger partial charge is 0.354 e. The standard InChI is InChI=1S/C18H14O5/c19-16(20)14-11-15(12-7-3-1-4-8-12)23-18(14,17(21)22)13-9-5-2-6-10-13/h1-11,14H,(H,19,20)(H,21,22). The number of rotatable bonds is 4. The molecular weight excluding hydrogens is 296 g/mol. The van der Waals surface area contributed by atoms with E-state index < -0.39 is 23.5 Å². The Balaban J connectivity index is 2.14. The van der Waals surface area contributed by atoms with Crippen LogP contribution in [0.3, 0.4) is 0 Å². The third kappa shape index (κ3) is 2.36. The Kier molecular flexibility index (Phi) is 3.62. The van der Waals surface area contributed by atoms with Crippen molar-refractivity contribution >= 4 is 17.7 Å². The molecule has 0 fully saturated rings. The molecule has 2 aromatic rings. The first-order valence-electron chi connectivity index (χ1n) is 7.03. The van der Waals surface area contributed by atoms with E-state index in [4.69, 9.17) is 4.74 Å². The van der Waals surface area contributed by atoms with Gasteiger partial charge in [0, 0.05) is 11.1 Å². The number of aliphatic carboxylic acids is 2. The Morgan fingerprint density at radius 1 is 0.913 bits per heavy atom. The Morgan fingerprint density at radius 2 is 1.48 bits per heavy atom. The van der Waals surface area contributed by atoms with Crippen molar-refractivity contribution in [2.75, 3.05) is 0 Å². The third-order valence-electron chi connectivity index (χ3n) is 3.87. The second kappa shape index (κ2) is 5.61. The number of carboxylic acid groups (broad SMARTS) is 2. The Labute approximate surface area is 132 Å². The second-order valence-corrected chi connectivity index (χ2v) is 5.22. The molecule has 2 aromatic carbocycles. The zero-order chi connectivity index (χ0) is 16.4. The van der Waals surface area contributed by atoms with E-state index >= 15 is 0 Å². The molecule has 0 bridgehead atoms. The van der Waals surface area contributed by atoms with Gasteiger partial charge >= 0.3 is 11.9 Å². The van der Waals surface area contributed by atoms with Crippen molar-refractivity contribution in [2.45, 2.75) is 5.60 Å². The number of ether oxygens (including phenoxy) is 1. The zero-order valence-corrected chi connectivity index (χ0v) is 12.0. The minimum absolute atomic E-state index is 0.254. The molecule has 1 aliphatic heterocycles. The first-order valence-corrected chi connectivity index (χ1v) is 7.03. The van der Waals surface area contributed by atoms with Gasteiger partial charge in [-0.3, -0.25) is 4.79 Å². The molecule has 1 aliphatic rings. The van der Waals surface area contributed by atoms with Crippen molar-refractivity contribution in [3.05, 3.63) is 77.9 Å². The molecule has 0 aromatic heterocycles. The molecular formula is C18H14O5. The quantitative estimate of drug-likeness (QED) is 0.907. The van der Waals surface area contributed by atoms with E-state index in [1.54, 1.807) is 54.6 Å². The van der Waals surface area contributed by atoms with Crippen molar-refractivity contribution in [3.63, 3.8) is 0 Å². The molecule has 2 atom stereocenters. The fourth-order valence-corrected chi connectivity index (χ4v) is 2.77. The van der Waals surface area contributed by atoms with Crippen LogP contribution in [0.25, 0.3) is 5.76 Å². The van der Waals surface area contributed by atoms with Crippen LogP contribution in [0.5, 0.6) is 0 Å². The lowest BCUT2D eigenvalue weighted by Crippen LogP contribution is -2.44. The summed E-state index contributed by atoms with van der Waals surface area (Å²) in [4.78, 5) is 23.7. The van der Waals surface area contributed by atoms with Crippen LogP contribution in [0.2, 0.25) is 0 Å². The lowest BCUT2D eigenvalue weighted by atomic mass is 9.82. The van der Waals surface area contributed by atoms with Crippen molar-refractivity contribution in [1.82, 2.24) is 0 Å². The highest BCUT2D eigenvalue weighted by molar-refractivity contribution is 5.92. The van der Waals surface area contributed by atoms with Gasteiger partial charge in [0.15, 0.2) is 0 Å². The van der Waals surface area contributed by atoms with Crippen LogP contribution >= 0.6 is 0 Å². The summed E-state index contributed by atoms with van der Waals surface area (Å²) in [6, 6.07) is 17.0. The molecule has 0 saturated heterocycles. The van der Waals surface area contributed by atoms with Crippen LogP contribution in [0, 0.1) is 5.92 Å². The fourth-order valence-electron chi connectivity index (χ4n) is 2.77. The van der Waals surface area contributed by atoms with Crippen molar-refractivity contribution in [3.8, 4) is 0 Å². The molecule has 0 amide bonds. The van der Waals surface area contributed by atoms with Gasteiger partial charge in [0.1, 0.15) is 11.7 Å². The normalized spacial score (nSPS) is 23.0. The highest BCUT2D eigenvalue weighted by Crippen LogP contribution is 2.45. The minimum atomic E-state index is -1.97. The van der Waals surface area contributed by atoms with Gasteiger partial charge in [-0.1, -0.05) is 60.7 Å². The maximum atomic E-state index is 12.0. The Morgan fingerprint density at radius 3 is 2.00 bits per heavy atom. The Bertz CT molecular complexity index is 767. The summed E-state index contributed by atoms with van der Waals surface area (Å²) in [5, 5.41) is 19.3. The van der Waals surface area contributed by atoms with Crippen LogP contribution in [0.1, 0.15) is 11.1 Å². The average Bonchev–Trinajstić information content (AvgIpc) is 2.99. The molecule has 0 radical (unpaired) electrons. The average molecular weight is 310 g/mol. The molecule has 0 aliphatic carbocycles. The lowest BCUT2D eigenvalue weighted by Gasteiger charge is -2.29. The molecule has 116 valence electrons. The van der Waals surface area contributed by atoms with E-state index in [0.29, 0.717) is 11.1 Å². The van der Waals surface area contributed by atoms with Gasteiger partial charge < -0.3 is 14.9 Å². The van der Waals surface area contributed by atoms with E-state index in [-0.39, 0.29) is 5.76 Å². The largest absolute Gasteiger partial charge is 0.481 e. The zero-order valence-electron chi connectivity index (χ0n) is 12.0. The highest BCUT2D eigenvalue weighted by atomic mass is 16.5. The van der Waals surface area contributed by atoms with Crippen LogP contribution < -0.4 is 0 Å². The monoisotopic (exact) mass is 310 g/mol. The van der Waals surface area contributed by atoms with E-state index in [1.165, 1.54) is 6.08 Å². The molecule has 5 nitrogen and oxygen atoms in total. The minimum Gasteiger partial charge on any atom is -0.481 e. The van der Waals surface area contributed by atoms with E-state index in [2.05, 4.69) is 0 Å². The predicted molar refractivity (Wildman–Crippen MR) is 82.4 cm³/mol. The Hall–Kier alpha value is -3.08. The number of carboxylic acids is 2. The molecule has 2 N–H and O–H groups in total. The maximum absolute atomic E-state index is 12.0. The van der Waals surface area contributed by atoms with E-state index in [9.17, 15) is 19.8 Å². The number of hydrogen-bond donors (Lipinski definition) is 2. The molecule has 23 heavy (non-hydrogen) atoms. The van der Waals surface area contributed by atoms with Gasteiger partial charge in [0.2, 0.25) is 5.60 Å². The summed E-state index contributed by atoms with van der Waals surface area (Å²) < 4.78 is 5.74. The van der Waals surface area contributed by atoms with Gasteiger partial charge in [0.05, 0.1) is 0 Å². The van der Waals surface area contributed by atoms with Crippen LogP contribution in [-0.4, -0.2) is 22.2 Å². The van der Waals surface area contributed by atoms with Gasteiger partial charge in [0.25, 0.3) is 0 Å². The predicted octanol–water partition coefficient (Wildman–Crippen LogP) is 2.74. The summed E-state index contributed by atoms with van der Waals surface area (Å²) in [7, 11) is 0. The van der Waals surface area contributed by atoms with Crippen LogP contribution in [-0.2, 0) is 19.9 Å². The molecule has 5 heteroatoms. The molecule has 2 unspecified atom stereocenters. The van der Waals surface area contributed by atoms with E-state index in [1.807, 2.05) is 6.07 Å². The van der Waals surface area contributed by atoms with Gasteiger partial charge in [-0.15, -0.1) is 0 Å². The van der Waals surface area contributed by atoms with Gasteiger partial charge in [-0.05, 0) is 6.08 Å². The van der Waals surface area contributed by atoms with Crippen molar-refractivity contribution in [1.29, 1.82) is 0 Å². The summed E-state index contributed by atoms with van der Waals surface area (Å²) >= 11 is 0. The molecule has 0 spiro atoms. The SMILES string of the molecule is O=C(O)C1C=C(c2ccccc2)OC1(C(=O)O)c1ccccc1. The van der Waals surface area contributed by atoms with Gasteiger partial charge in [-0.2, -0.15) is 0 Å². The summed E-state index contributed by atoms with van der Waals surface area (Å²) in [5.41, 5.74) is -1.04. The van der Waals surface area contributed by atoms with E-state index in [0.717, 1.165) is 0 Å². The number of hydrogen-bond acceptors (Lipinski definition) is 3. The highest BCUT2D eigenvalue weighted by Gasteiger charge is 2.57. The topological polar surface area (TPSA) is 83.8 Å². The summed E-state index contributed by atoms with van der Waals surface area (Å²) in [5.74, 6) is -3.65. The van der Waals surface area contributed by atoms with Crippen molar-refractivity contribution in [2.24, 2.45) is 5.92 Å². The number of carbonyl (C=O) groups is 2. The molecule has 0 saturated carbocycles. The second-order valence-electron chi connectivity index (χ2n) is 5.22. The summed E-state index contributed by atoms with van der Waals surface area (Å²) in [6.07, 6.45) is 1.36. The lowest BCUT2D eigenvalue weighted by molar-refractivity contribution is -0.169. The summed E-state index contributed by atoms with van der Waals surface area (Å²) in [6.45, 7) is 0. The van der Waals surface area contributed by atoms with Crippen LogP contribution in [0.4, 0.5) is 0 Å². The van der Waals surface area contributed by atoms with Crippen LogP contribution in [0.15, 0.2) is 66.7 Å².